The quantitative estimate of drug-likeness (QED) is 0.697. The van der Waals surface area contributed by atoms with Crippen LogP contribution in [-0.2, 0) is 6.42 Å². The van der Waals surface area contributed by atoms with Crippen molar-refractivity contribution in [3.8, 4) is 0 Å². The molecule has 0 N–H and O–H groups in total. The molecule has 0 aliphatic heterocycles. The number of nitrogens with zero attached hydrogens (tertiary/aromatic N) is 1. The predicted molar refractivity (Wildman–Crippen MR) is 57.6 cm³/mol. The van der Waals surface area contributed by atoms with Crippen molar-refractivity contribution in [3.05, 3.63) is 27.5 Å². The van der Waals surface area contributed by atoms with Crippen LogP contribution in [-0.4, -0.2) is 4.98 Å². The lowest BCUT2D eigenvalue weighted by atomic mass is 10.1. The van der Waals surface area contributed by atoms with E-state index in [2.05, 4.69) is 11.9 Å². The molecule has 0 aliphatic carbocycles. The number of pyridine rings is 1. The van der Waals surface area contributed by atoms with Gasteiger partial charge in [-0.15, -0.1) is 0 Å². The van der Waals surface area contributed by atoms with E-state index in [0.29, 0.717) is 10.3 Å². The minimum absolute atomic E-state index is 0.488. The first-order valence-electron chi connectivity index (χ1n) is 4.46. The predicted octanol–water partition coefficient (Wildman–Crippen LogP) is 4.04. The number of hydrogen-bond donors (Lipinski definition) is 0. The van der Waals surface area contributed by atoms with E-state index in [1.807, 2.05) is 13.0 Å². The molecule has 0 saturated heterocycles. The van der Waals surface area contributed by atoms with Gasteiger partial charge in [0.05, 0.1) is 0 Å². The van der Waals surface area contributed by atoms with Crippen LogP contribution in [0.4, 0.5) is 0 Å². The van der Waals surface area contributed by atoms with Gasteiger partial charge in [0.1, 0.15) is 10.3 Å². The van der Waals surface area contributed by atoms with Crippen molar-refractivity contribution >= 4 is 23.2 Å². The van der Waals surface area contributed by atoms with Crippen LogP contribution in [0.25, 0.3) is 0 Å². The molecular weight excluding hydrogens is 205 g/mol. The standard InChI is InChI=1S/C10H13Cl2N/c1-3-4-5-8-6-9(11)13-10(12)7(8)2/h6H,3-5H2,1-2H3. The fourth-order valence-electron chi connectivity index (χ4n) is 1.22. The van der Waals surface area contributed by atoms with Crippen LogP contribution in [0.2, 0.25) is 10.3 Å². The summed E-state index contributed by atoms with van der Waals surface area (Å²) in [7, 11) is 0. The van der Waals surface area contributed by atoms with Crippen LogP contribution >= 0.6 is 23.2 Å². The highest BCUT2D eigenvalue weighted by Crippen LogP contribution is 2.22. The summed E-state index contributed by atoms with van der Waals surface area (Å²) >= 11 is 11.7. The van der Waals surface area contributed by atoms with Gasteiger partial charge in [-0.05, 0) is 37.0 Å². The van der Waals surface area contributed by atoms with Gasteiger partial charge in [-0.3, -0.25) is 0 Å². The largest absolute Gasteiger partial charge is 0.224 e. The van der Waals surface area contributed by atoms with Gasteiger partial charge in [0.15, 0.2) is 0 Å². The maximum atomic E-state index is 5.90. The molecule has 1 heterocycles. The van der Waals surface area contributed by atoms with Gasteiger partial charge in [0.25, 0.3) is 0 Å². The summed E-state index contributed by atoms with van der Waals surface area (Å²) in [6.45, 7) is 4.15. The lowest BCUT2D eigenvalue weighted by Gasteiger charge is -2.06. The Bertz CT molecular complexity index is 297. The van der Waals surface area contributed by atoms with Gasteiger partial charge >= 0.3 is 0 Å². The third-order valence-corrected chi connectivity index (χ3v) is 2.65. The van der Waals surface area contributed by atoms with Crippen molar-refractivity contribution in [2.75, 3.05) is 0 Å². The zero-order valence-electron chi connectivity index (χ0n) is 7.90. The number of aryl methyl sites for hydroxylation is 1. The molecule has 0 spiro atoms. The third kappa shape index (κ3) is 2.85. The van der Waals surface area contributed by atoms with Gasteiger partial charge in [-0.1, -0.05) is 36.5 Å². The molecular formula is C10H13Cl2N. The summed E-state index contributed by atoms with van der Waals surface area (Å²) in [5.74, 6) is 0. The van der Waals surface area contributed by atoms with E-state index in [1.165, 1.54) is 12.0 Å². The van der Waals surface area contributed by atoms with Crippen LogP contribution in [0.15, 0.2) is 6.07 Å². The average molecular weight is 218 g/mol. The molecule has 0 aliphatic rings. The van der Waals surface area contributed by atoms with Gasteiger partial charge in [-0.2, -0.15) is 0 Å². The van der Waals surface area contributed by atoms with Gasteiger partial charge in [0, 0.05) is 0 Å². The number of aromatic nitrogens is 1. The molecule has 3 heteroatoms. The van der Waals surface area contributed by atoms with Crippen molar-refractivity contribution in [1.82, 2.24) is 4.98 Å². The van der Waals surface area contributed by atoms with E-state index in [4.69, 9.17) is 23.2 Å². The minimum atomic E-state index is 0.488. The van der Waals surface area contributed by atoms with E-state index in [9.17, 15) is 0 Å². The molecule has 1 aromatic rings. The van der Waals surface area contributed by atoms with Gasteiger partial charge in [0.2, 0.25) is 0 Å². The van der Waals surface area contributed by atoms with E-state index < -0.39 is 0 Å². The molecule has 72 valence electrons. The van der Waals surface area contributed by atoms with E-state index >= 15 is 0 Å². The fourth-order valence-corrected chi connectivity index (χ4v) is 1.69. The van der Waals surface area contributed by atoms with E-state index in [-0.39, 0.29) is 0 Å². The second-order valence-corrected chi connectivity index (χ2v) is 3.87. The van der Waals surface area contributed by atoms with Crippen LogP contribution < -0.4 is 0 Å². The molecule has 0 radical (unpaired) electrons. The average Bonchev–Trinajstić information content (AvgIpc) is 2.09. The molecule has 0 saturated carbocycles. The molecule has 0 amide bonds. The smallest absolute Gasteiger partial charge is 0.133 e. The van der Waals surface area contributed by atoms with Crippen LogP contribution in [0.1, 0.15) is 30.9 Å². The molecule has 1 aromatic heterocycles. The summed E-state index contributed by atoms with van der Waals surface area (Å²) in [5, 5.41) is 1.01. The summed E-state index contributed by atoms with van der Waals surface area (Å²) in [6, 6.07) is 1.90. The van der Waals surface area contributed by atoms with Crippen molar-refractivity contribution in [2.45, 2.75) is 33.1 Å². The molecule has 1 rings (SSSR count). The fraction of sp³-hybridized carbons (Fsp3) is 0.500. The minimum Gasteiger partial charge on any atom is -0.224 e. The molecule has 0 fully saturated rings. The lowest BCUT2D eigenvalue weighted by molar-refractivity contribution is 0.790. The highest BCUT2D eigenvalue weighted by atomic mass is 35.5. The molecule has 13 heavy (non-hydrogen) atoms. The van der Waals surface area contributed by atoms with Crippen molar-refractivity contribution in [1.29, 1.82) is 0 Å². The number of halogens is 2. The SMILES string of the molecule is CCCCc1cc(Cl)nc(Cl)c1C. The van der Waals surface area contributed by atoms with E-state index in [1.54, 1.807) is 0 Å². The Hall–Kier alpha value is -0.270. The third-order valence-electron chi connectivity index (χ3n) is 2.09. The first-order valence-corrected chi connectivity index (χ1v) is 5.22. The van der Waals surface area contributed by atoms with Crippen LogP contribution in [0, 0.1) is 6.92 Å². The van der Waals surface area contributed by atoms with E-state index in [0.717, 1.165) is 18.4 Å². The molecule has 0 atom stereocenters. The number of hydrogen-bond acceptors (Lipinski definition) is 1. The maximum absolute atomic E-state index is 5.90. The van der Waals surface area contributed by atoms with Crippen molar-refractivity contribution in [3.63, 3.8) is 0 Å². The molecule has 0 aromatic carbocycles. The van der Waals surface area contributed by atoms with Crippen molar-refractivity contribution in [2.24, 2.45) is 0 Å². The Labute approximate surface area is 89.1 Å². The molecule has 0 bridgehead atoms. The zero-order valence-corrected chi connectivity index (χ0v) is 9.41. The highest BCUT2D eigenvalue weighted by molar-refractivity contribution is 6.33. The Kier molecular flexibility index (Phi) is 4.01. The monoisotopic (exact) mass is 217 g/mol. The first kappa shape index (κ1) is 10.8. The van der Waals surface area contributed by atoms with Crippen molar-refractivity contribution < 1.29 is 0 Å². The van der Waals surface area contributed by atoms with Crippen LogP contribution in [0.5, 0.6) is 0 Å². The molecule has 1 nitrogen and oxygen atoms in total. The first-order chi connectivity index (χ1) is 6.15. The Morgan fingerprint density at radius 1 is 1.38 bits per heavy atom. The number of unbranched alkanes of at least 4 members (excludes halogenated alkanes) is 1. The number of rotatable bonds is 3. The second-order valence-electron chi connectivity index (χ2n) is 3.12. The Morgan fingerprint density at radius 3 is 2.69 bits per heavy atom. The normalized spacial score (nSPS) is 10.5. The topological polar surface area (TPSA) is 12.9 Å². The van der Waals surface area contributed by atoms with Gasteiger partial charge in [-0.25, -0.2) is 4.98 Å². The summed E-state index contributed by atoms with van der Waals surface area (Å²) in [4.78, 5) is 3.97. The summed E-state index contributed by atoms with van der Waals surface area (Å²) in [5.41, 5.74) is 2.27. The summed E-state index contributed by atoms with van der Waals surface area (Å²) in [6.07, 6.45) is 3.37. The highest BCUT2D eigenvalue weighted by Gasteiger charge is 2.05. The lowest BCUT2D eigenvalue weighted by Crippen LogP contribution is -1.93. The molecule has 0 unspecified atom stereocenters. The Balaban J connectivity index is 2.92. The second kappa shape index (κ2) is 4.83. The van der Waals surface area contributed by atoms with Gasteiger partial charge < -0.3 is 0 Å². The Morgan fingerprint density at radius 2 is 2.08 bits per heavy atom. The summed E-state index contributed by atoms with van der Waals surface area (Å²) < 4.78 is 0. The zero-order chi connectivity index (χ0) is 9.84. The van der Waals surface area contributed by atoms with Crippen LogP contribution in [0.3, 0.4) is 0 Å². The maximum Gasteiger partial charge on any atom is 0.133 e.